The molecule has 0 atom stereocenters. The van der Waals surface area contributed by atoms with E-state index in [1.807, 2.05) is 24.3 Å². The molecule has 27 heavy (non-hydrogen) atoms. The summed E-state index contributed by atoms with van der Waals surface area (Å²) in [5, 5.41) is 3.54. The molecule has 0 unspecified atom stereocenters. The van der Waals surface area contributed by atoms with Crippen molar-refractivity contribution in [2.45, 2.75) is 45.3 Å². The molecule has 3 rings (SSSR count). The predicted molar refractivity (Wildman–Crippen MR) is 114 cm³/mol. The lowest BCUT2D eigenvalue weighted by Crippen LogP contribution is -2.15. The van der Waals surface area contributed by atoms with Crippen LogP contribution in [0.4, 0.5) is 0 Å². The Morgan fingerprint density at radius 2 is 1.81 bits per heavy atom. The maximum Gasteiger partial charge on any atom is 0.161 e. The Morgan fingerprint density at radius 1 is 0.963 bits per heavy atom. The zero-order chi connectivity index (χ0) is 18.0. The van der Waals surface area contributed by atoms with Crippen molar-refractivity contribution in [1.29, 1.82) is 0 Å². The van der Waals surface area contributed by atoms with E-state index in [4.69, 9.17) is 9.47 Å². The highest BCUT2D eigenvalue weighted by atomic mass is 35.5. The van der Waals surface area contributed by atoms with Gasteiger partial charge in [0.2, 0.25) is 0 Å². The first-order chi connectivity index (χ1) is 12.8. The first-order valence-electron chi connectivity index (χ1n) is 9.57. The maximum absolute atomic E-state index is 5.92. The average molecular weight is 388 g/mol. The Morgan fingerprint density at radius 3 is 2.56 bits per heavy atom. The van der Waals surface area contributed by atoms with Gasteiger partial charge in [0, 0.05) is 6.54 Å². The van der Waals surface area contributed by atoms with Crippen molar-refractivity contribution >= 4 is 12.4 Å². The molecule has 0 saturated heterocycles. The normalized spacial score (nSPS) is 13.4. The summed E-state index contributed by atoms with van der Waals surface area (Å²) >= 11 is 0. The first kappa shape index (κ1) is 21.3. The number of benzene rings is 2. The molecule has 0 saturated carbocycles. The molecule has 2 aromatic carbocycles. The van der Waals surface area contributed by atoms with Gasteiger partial charge in [0.25, 0.3) is 0 Å². The van der Waals surface area contributed by atoms with Gasteiger partial charge >= 0.3 is 0 Å². The molecule has 0 heterocycles. The van der Waals surface area contributed by atoms with Crippen LogP contribution >= 0.6 is 12.4 Å². The van der Waals surface area contributed by atoms with Gasteiger partial charge in [-0.25, -0.2) is 0 Å². The molecule has 1 aliphatic carbocycles. The quantitative estimate of drug-likeness (QED) is 0.443. The van der Waals surface area contributed by atoms with Crippen molar-refractivity contribution in [3.8, 4) is 11.5 Å². The molecule has 0 bridgehead atoms. The van der Waals surface area contributed by atoms with Crippen molar-refractivity contribution in [2.75, 3.05) is 13.7 Å². The Balaban J connectivity index is 0.00000261. The molecule has 1 N–H and O–H groups in total. The minimum atomic E-state index is 0. The van der Waals surface area contributed by atoms with Gasteiger partial charge < -0.3 is 14.8 Å². The molecule has 0 fully saturated rings. The molecule has 0 aliphatic heterocycles. The van der Waals surface area contributed by atoms with Crippen molar-refractivity contribution in [2.24, 2.45) is 0 Å². The second kappa shape index (κ2) is 11.7. The van der Waals surface area contributed by atoms with E-state index in [1.54, 1.807) is 12.7 Å². The minimum Gasteiger partial charge on any atom is -0.493 e. The molecule has 3 nitrogen and oxygen atoms in total. The van der Waals surface area contributed by atoms with E-state index in [0.717, 1.165) is 36.6 Å². The van der Waals surface area contributed by atoms with Crippen LogP contribution in [0.1, 0.15) is 43.2 Å². The van der Waals surface area contributed by atoms with E-state index < -0.39 is 0 Å². The van der Waals surface area contributed by atoms with Crippen molar-refractivity contribution in [3.05, 3.63) is 71.3 Å². The number of nitrogens with one attached hydrogen (secondary N) is 1. The third-order valence-electron chi connectivity index (χ3n) is 4.80. The number of allylic oxidation sites excluding steroid dienone is 1. The molecule has 0 radical (unpaired) electrons. The van der Waals surface area contributed by atoms with Crippen molar-refractivity contribution in [3.63, 3.8) is 0 Å². The average Bonchev–Trinajstić information content (AvgIpc) is 2.71. The topological polar surface area (TPSA) is 30.5 Å². The lowest BCUT2D eigenvalue weighted by atomic mass is 9.97. The van der Waals surface area contributed by atoms with Crippen molar-refractivity contribution in [1.82, 2.24) is 5.32 Å². The Bertz CT molecular complexity index is 716. The third-order valence-corrected chi connectivity index (χ3v) is 4.80. The van der Waals surface area contributed by atoms with E-state index in [0.29, 0.717) is 6.61 Å². The molecule has 0 amide bonds. The van der Waals surface area contributed by atoms with E-state index in [-0.39, 0.29) is 12.4 Å². The van der Waals surface area contributed by atoms with E-state index in [9.17, 15) is 0 Å². The maximum atomic E-state index is 5.92. The van der Waals surface area contributed by atoms with Crippen LogP contribution in [0.3, 0.4) is 0 Å². The van der Waals surface area contributed by atoms with Crippen LogP contribution in [0, 0.1) is 0 Å². The molecule has 2 aromatic rings. The largest absolute Gasteiger partial charge is 0.493 e. The summed E-state index contributed by atoms with van der Waals surface area (Å²) < 4.78 is 11.4. The highest BCUT2D eigenvalue weighted by molar-refractivity contribution is 5.85. The summed E-state index contributed by atoms with van der Waals surface area (Å²) in [5.74, 6) is 1.57. The molecule has 0 aromatic heterocycles. The van der Waals surface area contributed by atoms with E-state index in [1.165, 1.54) is 31.2 Å². The van der Waals surface area contributed by atoms with Crippen LogP contribution in [0.25, 0.3) is 0 Å². The van der Waals surface area contributed by atoms with Gasteiger partial charge in [-0.2, -0.15) is 0 Å². The van der Waals surface area contributed by atoms with Crippen LogP contribution in [-0.4, -0.2) is 13.7 Å². The summed E-state index contributed by atoms with van der Waals surface area (Å²) in [6.45, 7) is 2.42. The van der Waals surface area contributed by atoms with Gasteiger partial charge in [0.15, 0.2) is 11.5 Å². The number of hydrogen-bond acceptors (Lipinski definition) is 3. The summed E-state index contributed by atoms with van der Waals surface area (Å²) in [7, 11) is 1.69. The summed E-state index contributed by atoms with van der Waals surface area (Å²) in [6, 6.07) is 16.4. The SMILES string of the molecule is COc1cc(CNCCC2=CCCCC2)ccc1OCc1ccccc1.Cl. The highest BCUT2D eigenvalue weighted by Gasteiger charge is 2.07. The lowest BCUT2D eigenvalue weighted by molar-refractivity contribution is 0.284. The second-order valence-electron chi connectivity index (χ2n) is 6.79. The van der Waals surface area contributed by atoms with Gasteiger partial charge in [0.1, 0.15) is 6.61 Å². The molecule has 4 heteroatoms. The van der Waals surface area contributed by atoms with Crippen LogP contribution in [-0.2, 0) is 13.2 Å². The number of halogens is 1. The minimum absolute atomic E-state index is 0. The summed E-state index contributed by atoms with van der Waals surface area (Å²) in [4.78, 5) is 0. The Hall–Kier alpha value is -1.97. The third kappa shape index (κ3) is 6.93. The van der Waals surface area contributed by atoms with Crippen LogP contribution in [0.15, 0.2) is 60.2 Å². The molecular weight excluding hydrogens is 358 g/mol. The first-order valence-corrected chi connectivity index (χ1v) is 9.57. The van der Waals surface area contributed by atoms with Gasteiger partial charge in [-0.15, -0.1) is 12.4 Å². The Labute approximate surface area is 169 Å². The lowest BCUT2D eigenvalue weighted by Gasteiger charge is -2.14. The van der Waals surface area contributed by atoms with Gasteiger partial charge in [-0.3, -0.25) is 0 Å². The molecule has 1 aliphatic rings. The van der Waals surface area contributed by atoms with Crippen LogP contribution < -0.4 is 14.8 Å². The molecule has 146 valence electrons. The monoisotopic (exact) mass is 387 g/mol. The van der Waals surface area contributed by atoms with Crippen LogP contribution in [0.2, 0.25) is 0 Å². The fourth-order valence-corrected chi connectivity index (χ4v) is 3.29. The fraction of sp³-hybridized carbons (Fsp3) is 0.391. The molecule has 0 spiro atoms. The fourth-order valence-electron chi connectivity index (χ4n) is 3.29. The number of hydrogen-bond donors (Lipinski definition) is 1. The van der Waals surface area contributed by atoms with E-state index >= 15 is 0 Å². The van der Waals surface area contributed by atoms with Gasteiger partial charge in [-0.1, -0.05) is 48.0 Å². The number of ether oxygens (including phenoxy) is 2. The highest BCUT2D eigenvalue weighted by Crippen LogP contribution is 2.29. The summed E-state index contributed by atoms with van der Waals surface area (Å²) in [6.07, 6.45) is 8.84. The zero-order valence-corrected chi connectivity index (χ0v) is 16.9. The zero-order valence-electron chi connectivity index (χ0n) is 16.1. The molecular formula is C23H30ClNO2. The van der Waals surface area contributed by atoms with Crippen LogP contribution in [0.5, 0.6) is 11.5 Å². The van der Waals surface area contributed by atoms with Gasteiger partial charge in [-0.05, 0) is 61.9 Å². The second-order valence-corrected chi connectivity index (χ2v) is 6.79. The Kier molecular flexibility index (Phi) is 9.23. The van der Waals surface area contributed by atoms with E-state index in [2.05, 4.69) is 35.7 Å². The number of methoxy groups -OCH3 is 1. The predicted octanol–water partition coefficient (Wildman–Crippen LogP) is 5.68. The van der Waals surface area contributed by atoms with Crippen molar-refractivity contribution < 1.29 is 9.47 Å². The number of rotatable bonds is 9. The summed E-state index contributed by atoms with van der Waals surface area (Å²) in [5.41, 5.74) is 3.98. The standard InChI is InChI=1S/C23H29NO2.ClH/c1-25-23-16-21(17-24-15-14-19-8-4-2-5-9-19)12-13-22(23)26-18-20-10-6-3-7-11-20;/h3,6-8,10-13,16,24H,2,4-5,9,14-15,17-18H2,1H3;1H. The van der Waals surface area contributed by atoms with Gasteiger partial charge in [0.05, 0.1) is 7.11 Å². The smallest absolute Gasteiger partial charge is 0.161 e.